The Morgan fingerprint density at radius 2 is 1.78 bits per heavy atom. The summed E-state index contributed by atoms with van der Waals surface area (Å²) >= 11 is 0. The first-order valence-electron chi connectivity index (χ1n) is 7.05. The molecule has 2 nitrogen and oxygen atoms in total. The second-order valence-electron chi connectivity index (χ2n) is 5.99. The fourth-order valence-electron chi connectivity index (χ4n) is 3.60. The molecule has 1 saturated heterocycles. The molecule has 0 unspecified atom stereocenters. The van der Waals surface area contributed by atoms with Crippen LogP contribution in [0.4, 0.5) is 5.69 Å². The van der Waals surface area contributed by atoms with Crippen LogP contribution in [0.2, 0.25) is 0 Å². The summed E-state index contributed by atoms with van der Waals surface area (Å²) < 4.78 is 0. The van der Waals surface area contributed by atoms with Gasteiger partial charge in [-0.1, -0.05) is 31.4 Å². The molecule has 0 bridgehead atoms. The molecular formula is C16H21NO. The zero-order valence-electron chi connectivity index (χ0n) is 11.1. The fraction of sp³-hybridized carbons (Fsp3) is 0.562. The third-order valence-corrected chi connectivity index (χ3v) is 4.59. The van der Waals surface area contributed by atoms with Gasteiger partial charge in [-0.05, 0) is 31.9 Å². The van der Waals surface area contributed by atoms with Gasteiger partial charge in [0, 0.05) is 29.8 Å². The van der Waals surface area contributed by atoms with Crippen LogP contribution in [-0.4, -0.2) is 18.9 Å². The molecule has 0 amide bonds. The molecule has 1 heterocycles. The van der Waals surface area contributed by atoms with Gasteiger partial charge in [-0.3, -0.25) is 4.79 Å². The third-order valence-electron chi connectivity index (χ3n) is 4.59. The molecule has 18 heavy (non-hydrogen) atoms. The standard InChI is InChI=1S/C16H21NO/c1-13(18)14-7-3-4-8-15(14)17-11-16(12-17)9-5-2-6-10-16/h3-4,7-8H,2,5-6,9-12H2,1H3. The monoisotopic (exact) mass is 243 g/mol. The molecule has 1 saturated carbocycles. The third kappa shape index (κ3) is 1.94. The maximum atomic E-state index is 11.7. The molecule has 2 heteroatoms. The minimum atomic E-state index is 0.176. The quantitative estimate of drug-likeness (QED) is 0.739. The van der Waals surface area contributed by atoms with E-state index in [1.807, 2.05) is 18.2 Å². The second kappa shape index (κ2) is 4.42. The minimum Gasteiger partial charge on any atom is -0.370 e. The molecule has 1 spiro atoms. The summed E-state index contributed by atoms with van der Waals surface area (Å²) in [5.41, 5.74) is 2.59. The van der Waals surface area contributed by atoms with Crippen LogP contribution >= 0.6 is 0 Å². The van der Waals surface area contributed by atoms with Crippen LogP contribution in [0.3, 0.4) is 0 Å². The van der Waals surface area contributed by atoms with Gasteiger partial charge in [0.25, 0.3) is 0 Å². The SMILES string of the molecule is CC(=O)c1ccccc1N1CC2(CCCCC2)C1. The molecule has 1 aromatic carbocycles. The lowest BCUT2D eigenvalue weighted by Crippen LogP contribution is -2.57. The first-order valence-corrected chi connectivity index (χ1v) is 7.05. The maximum absolute atomic E-state index is 11.7. The topological polar surface area (TPSA) is 20.3 Å². The van der Waals surface area contributed by atoms with Gasteiger partial charge < -0.3 is 4.90 Å². The summed E-state index contributed by atoms with van der Waals surface area (Å²) in [6.45, 7) is 3.96. The molecule has 0 radical (unpaired) electrons. The Morgan fingerprint density at radius 1 is 1.11 bits per heavy atom. The number of Topliss-reactive ketones (excluding diaryl/α,β-unsaturated/α-hetero) is 1. The fourth-order valence-corrected chi connectivity index (χ4v) is 3.60. The van der Waals surface area contributed by atoms with Gasteiger partial charge in [0.2, 0.25) is 0 Å². The summed E-state index contributed by atoms with van der Waals surface area (Å²) in [6, 6.07) is 8.03. The zero-order valence-corrected chi connectivity index (χ0v) is 11.1. The smallest absolute Gasteiger partial charge is 0.161 e. The highest BCUT2D eigenvalue weighted by atomic mass is 16.1. The summed E-state index contributed by atoms with van der Waals surface area (Å²) in [5.74, 6) is 0.176. The van der Waals surface area contributed by atoms with E-state index >= 15 is 0 Å². The summed E-state index contributed by atoms with van der Waals surface area (Å²) in [7, 11) is 0. The van der Waals surface area contributed by atoms with Gasteiger partial charge in [-0.2, -0.15) is 0 Å². The van der Waals surface area contributed by atoms with Crippen LogP contribution < -0.4 is 4.90 Å². The summed E-state index contributed by atoms with van der Waals surface area (Å²) in [5, 5.41) is 0. The molecule has 1 aliphatic heterocycles. The predicted molar refractivity (Wildman–Crippen MR) is 74.2 cm³/mol. The lowest BCUT2D eigenvalue weighted by atomic mass is 9.68. The average Bonchev–Trinajstić information content (AvgIpc) is 2.37. The van der Waals surface area contributed by atoms with Crippen molar-refractivity contribution in [1.82, 2.24) is 0 Å². The number of hydrogen-bond acceptors (Lipinski definition) is 2. The van der Waals surface area contributed by atoms with Gasteiger partial charge in [0.05, 0.1) is 0 Å². The lowest BCUT2D eigenvalue weighted by molar-refractivity contribution is 0.101. The molecule has 3 rings (SSSR count). The van der Waals surface area contributed by atoms with Crippen molar-refractivity contribution in [2.45, 2.75) is 39.0 Å². The Balaban J connectivity index is 1.76. The van der Waals surface area contributed by atoms with E-state index in [-0.39, 0.29) is 5.78 Å². The number of nitrogens with zero attached hydrogens (tertiary/aromatic N) is 1. The number of anilines is 1. The Morgan fingerprint density at radius 3 is 2.44 bits per heavy atom. The summed E-state index contributed by atoms with van der Waals surface area (Å²) in [4.78, 5) is 14.0. The Kier molecular flexibility index (Phi) is 2.89. The van der Waals surface area contributed by atoms with Crippen LogP contribution in [0.25, 0.3) is 0 Å². The molecule has 0 aromatic heterocycles. The van der Waals surface area contributed by atoms with Gasteiger partial charge in [-0.25, -0.2) is 0 Å². The summed E-state index contributed by atoms with van der Waals surface area (Å²) in [6.07, 6.45) is 6.95. The van der Waals surface area contributed by atoms with Crippen LogP contribution in [0.15, 0.2) is 24.3 Å². The average molecular weight is 243 g/mol. The van der Waals surface area contributed by atoms with Crippen LogP contribution in [0.5, 0.6) is 0 Å². The number of rotatable bonds is 2. The highest BCUT2D eigenvalue weighted by molar-refractivity contribution is 5.99. The molecule has 2 aliphatic rings. The van der Waals surface area contributed by atoms with Crippen molar-refractivity contribution in [3.63, 3.8) is 0 Å². The number of benzene rings is 1. The number of ketones is 1. The molecule has 1 aromatic rings. The van der Waals surface area contributed by atoms with Crippen molar-refractivity contribution in [3.8, 4) is 0 Å². The molecular weight excluding hydrogens is 222 g/mol. The molecule has 2 fully saturated rings. The number of carbonyl (C=O) groups is 1. The Bertz CT molecular complexity index is 452. The maximum Gasteiger partial charge on any atom is 0.161 e. The van der Waals surface area contributed by atoms with Crippen molar-refractivity contribution < 1.29 is 4.79 Å². The van der Waals surface area contributed by atoms with Crippen LogP contribution in [-0.2, 0) is 0 Å². The molecule has 1 aliphatic carbocycles. The van der Waals surface area contributed by atoms with Gasteiger partial charge in [0.15, 0.2) is 5.78 Å². The van der Waals surface area contributed by atoms with Crippen molar-refractivity contribution in [2.24, 2.45) is 5.41 Å². The first kappa shape index (κ1) is 11.8. The number of carbonyl (C=O) groups excluding carboxylic acids is 1. The normalized spacial score (nSPS) is 21.7. The highest BCUT2D eigenvalue weighted by Crippen LogP contribution is 2.46. The second-order valence-corrected chi connectivity index (χ2v) is 5.99. The van der Waals surface area contributed by atoms with Crippen molar-refractivity contribution in [1.29, 1.82) is 0 Å². The largest absolute Gasteiger partial charge is 0.370 e. The van der Waals surface area contributed by atoms with Crippen molar-refractivity contribution in [3.05, 3.63) is 29.8 Å². The van der Waals surface area contributed by atoms with Gasteiger partial charge in [-0.15, -0.1) is 0 Å². The van der Waals surface area contributed by atoms with Crippen LogP contribution in [0.1, 0.15) is 49.4 Å². The number of hydrogen-bond donors (Lipinski definition) is 0. The van der Waals surface area contributed by atoms with E-state index in [9.17, 15) is 4.79 Å². The first-order chi connectivity index (χ1) is 8.70. The van der Waals surface area contributed by atoms with Crippen LogP contribution in [0, 0.1) is 5.41 Å². The molecule has 96 valence electrons. The minimum absolute atomic E-state index is 0.176. The molecule has 0 N–H and O–H groups in total. The lowest BCUT2D eigenvalue weighted by Gasteiger charge is -2.54. The van der Waals surface area contributed by atoms with Gasteiger partial charge >= 0.3 is 0 Å². The van der Waals surface area contributed by atoms with Crippen molar-refractivity contribution in [2.75, 3.05) is 18.0 Å². The Hall–Kier alpha value is -1.31. The predicted octanol–water partition coefficient (Wildman–Crippen LogP) is 3.66. The van der Waals surface area contributed by atoms with E-state index < -0.39 is 0 Å². The van der Waals surface area contributed by atoms with E-state index in [2.05, 4.69) is 11.0 Å². The van der Waals surface area contributed by atoms with Crippen molar-refractivity contribution >= 4 is 11.5 Å². The van der Waals surface area contributed by atoms with E-state index in [1.165, 1.54) is 32.1 Å². The highest BCUT2D eigenvalue weighted by Gasteiger charge is 2.43. The van der Waals surface area contributed by atoms with E-state index in [0.717, 1.165) is 24.3 Å². The van der Waals surface area contributed by atoms with Gasteiger partial charge in [0.1, 0.15) is 0 Å². The Labute approximate surface area is 109 Å². The zero-order chi connectivity index (χ0) is 12.6. The number of para-hydroxylation sites is 1. The van der Waals surface area contributed by atoms with E-state index in [0.29, 0.717) is 5.41 Å². The molecule has 0 atom stereocenters. The van der Waals surface area contributed by atoms with E-state index in [4.69, 9.17) is 0 Å². The van der Waals surface area contributed by atoms with E-state index in [1.54, 1.807) is 6.92 Å².